The van der Waals surface area contributed by atoms with Gasteiger partial charge in [-0.3, -0.25) is 9.59 Å². The van der Waals surface area contributed by atoms with Crippen molar-refractivity contribution in [1.82, 2.24) is 5.32 Å². The van der Waals surface area contributed by atoms with Crippen LogP contribution in [0.1, 0.15) is 12.0 Å². The maximum absolute atomic E-state index is 13.7. The van der Waals surface area contributed by atoms with Crippen molar-refractivity contribution in [3.8, 4) is 0 Å². The van der Waals surface area contributed by atoms with Gasteiger partial charge in [-0.15, -0.1) is 11.6 Å². The molecule has 21 heavy (non-hydrogen) atoms. The predicted octanol–water partition coefficient (Wildman–Crippen LogP) is 2.35. The number of aliphatic carboxylic acids is 1. The van der Waals surface area contributed by atoms with Gasteiger partial charge in [0.05, 0.1) is 0 Å². The van der Waals surface area contributed by atoms with Crippen LogP contribution in [0.5, 0.6) is 0 Å². The molecule has 1 amide bonds. The summed E-state index contributed by atoms with van der Waals surface area (Å²) in [7, 11) is 0. The number of alkyl halides is 1. The number of rotatable bonds is 4. The van der Waals surface area contributed by atoms with Crippen LogP contribution in [0.25, 0.3) is 5.57 Å². The van der Waals surface area contributed by atoms with E-state index in [1.165, 1.54) is 12.1 Å². The van der Waals surface area contributed by atoms with Crippen LogP contribution in [0.3, 0.4) is 0 Å². The third kappa shape index (κ3) is 3.49. The minimum atomic E-state index is -1.34. The van der Waals surface area contributed by atoms with E-state index < -0.39 is 23.3 Å². The van der Waals surface area contributed by atoms with E-state index in [-0.39, 0.29) is 12.2 Å². The topological polar surface area (TPSA) is 66.4 Å². The summed E-state index contributed by atoms with van der Waals surface area (Å²) in [5.41, 5.74) is 1.06. The van der Waals surface area contributed by atoms with Crippen molar-refractivity contribution in [2.45, 2.75) is 11.3 Å². The van der Waals surface area contributed by atoms with Crippen LogP contribution in [-0.4, -0.2) is 28.4 Å². The molecule has 0 spiro atoms. The van der Waals surface area contributed by atoms with Crippen molar-refractivity contribution >= 4 is 29.1 Å². The van der Waals surface area contributed by atoms with Gasteiger partial charge in [-0.25, -0.2) is 4.39 Å². The van der Waals surface area contributed by atoms with E-state index in [0.717, 1.165) is 0 Å². The molecule has 2 N–H and O–H groups in total. The van der Waals surface area contributed by atoms with Crippen molar-refractivity contribution in [2.24, 2.45) is 0 Å². The number of benzene rings is 1. The van der Waals surface area contributed by atoms with Gasteiger partial charge < -0.3 is 10.4 Å². The maximum Gasteiger partial charge on any atom is 0.322 e. The number of hydrogen-bond donors (Lipinski definition) is 2. The van der Waals surface area contributed by atoms with E-state index in [4.69, 9.17) is 16.7 Å². The second-order valence-corrected chi connectivity index (χ2v) is 5.29. The molecule has 1 aliphatic carbocycles. The third-order valence-electron chi connectivity index (χ3n) is 3.11. The predicted molar refractivity (Wildman–Crippen MR) is 77.4 cm³/mol. The second kappa shape index (κ2) is 6.10. The van der Waals surface area contributed by atoms with Gasteiger partial charge in [0.25, 0.3) is 0 Å². The molecule has 0 saturated heterocycles. The molecule has 1 aromatic rings. The van der Waals surface area contributed by atoms with Crippen LogP contribution in [-0.2, 0) is 9.59 Å². The van der Waals surface area contributed by atoms with Crippen LogP contribution in [0.15, 0.2) is 42.5 Å². The monoisotopic (exact) mass is 309 g/mol. The van der Waals surface area contributed by atoms with Gasteiger partial charge >= 0.3 is 5.97 Å². The largest absolute Gasteiger partial charge is 0.480 e. The van der Waals surface area contributed by atoms with E-state index >= 15 is 0 Å². The highest BCUT2D eigenvalue weighted by Crippen LogP contribution is 2.32. The molecule has 4 nitrogen and oxygen atoms in total. The number of carbonyl (C=O) groups is 2. The average Bonchev–Trinajstić information content (AvgIpc) is 2.46. The van der Waals surface area contributed by atoms with Crippen molar-refractivity contribution in [2.75, 3.05) is 6.54 Å². The number of allylic oxidation sites excluding steroid dienone is 3. The lowest BCUT2D eigenvalue weighted by Crippen LogP contribution is -2.43. The molecule has 6 heteroatoms. The Bertz CT molecular complexity index is 642. The molecule has 2 rings (SSSR count). The zero-order chi connectivity index (χ0) is 15.5. The molecule has 0 bridgehead atoms. The molecule has 0 aromatic heterocycles. The molecule has 1 aromatic carbocycles. The summed E-state index contributed by atoms with van der Waals surface area (Å²) in [6, 6.07) is 6.30. The first-order chi connectivity index (χ1) is 9.92. The number of nitrogens with one attached hydrogen (secondary N) is 1. The van der Waals surface area contributed by atoms with Gasteiger partial charge in [-0.2, -0.15) is 0 Å². The Morgan fingerprint density at radius 3 is 2.67 bits per heavy atom. The number of carbonyl (C=O) groups excluding carboxylic acids is 1. The van der Waals surface area contributed by atoms with Crippen LogP contribution >= 0.6 is 11.6 Å². The number of amides is 1. The summed E-state index contributed by atoms with van der Waals surface area (Å²) in [4.78, 5) is 21.0. The minimum absolute atomic E-state index is 0.153. The number of carboxylic acid groups (broad SMARTS) is 1. The first-order valence-electron chi connectivity index (χ1n) is 6.26. The SMILES string of the molecule is O=C(O)CNC(=O)C1(Cl)C=CC(c2ccccc2F)=CC1. The van der Waals surface area contributed by atoms with Crippen LogP contribution < -0.4 is 5.32 Å². The summed E-state index contributed by atoms with van der Waals surface area (Å²) in [6.07, 6.45) is 4.83. The Kier molecular flexibility index (Phi) is 4.43. The zero-order valence-electron chi connectivity index (χ0n) is 11.0. The molecule has 0 saturated carbocycles. The minimum Gasteiger partial charge on any atom is -0.480 e. The third-order valence-corrected chi connectivity index (χ3v) is 3.56. The fraction of sp³-hybridized carbons (Fsp3) is 0.200. The van der Waals surface area contributed by atoms with Gasteiger partial charge in [0.15, 0.2) is 0 Å². The molecular formula is C15H13ClFNO3. The Morgan fingerprint density at radius 2 is 2.10 bits per heavy atom. The zero-order valence-corrected chi connectivity index (χ0v) is 11.7. The van der Waals surface area contributed by atoms with Crippen molar-refractivity contribution in [3.05, 3.63) is 53.9 Å². The van der Waals surface area contributed by atoms with E-state index in [1.807, 2.05) is 0 Å². The molecule has 0 radical (unpaired) electrons. The molecule has 0 fully saturated rings. The highest BCUT2D eigenvalue weighted by atomic mass is 35.5. The Hall–Kier alpha value is -2.14. The van der Waals surface area contributed by atoms with Crippen LogP contribution in [0, 0.1) is 5.82 Å². The van der Waals surface area contributed by atoms with E-state index in [2.05, 4.69) is 5.32 Å². The van der Waals surface area contributed by atoms with Gasteiger partial charge in [0.2, 0.25) is 5.91 Å². The maximum atomic E-state index is 13.7. The van der Waals surface area contributed by atoms with Crippen molar-refractivity contribution < 1.29 is 19.1 Å². The summed E-state index contributed by atoms with van der Waals surface area (Å²) in [6.45, 7) is -0.495. The first kappa shape index (κ1) is 15.3. The standard InChI is InChI=1S/C15H13ClFNO3/c16-15(14(21)18-9-13(19)20)7-5-10(6-8-15)11-3-1-2-4-12(11)17/h1-7H,8-9H2,(H,18,21)(H,19,20). The fourth-order valence-electron chi connectivity index (χ4n) is 1.98. The van der Waals surface area contributed by atoms with E-state index in [1.54, 1.807) is 30.4 Å². The lowest BCUT2D eigenvalue weighted by Gasteiger charge is -2.24. The summed E-state index contributed by atoms with van der Waals surface area (Å²) in [5, 5.41) is 10.8. The van der Waals surface area contributed by atoms with Crippen molar-refractivity contribution in [1.29, 1.82) is 0 Å². The summed E-state index contributed by atoms with van der Waals surface area (Å²) < 4.78 is 13.7. The van der Waals surface area contributed by atoms with Crippen LogP contribution in [0.2, 0.25) is 0 Å². The highest BCUT2D eigenvalue weighted by molar-refractivity contribution is 6.37. The number of carboxylic acids is 1. The van der Waals surface area contributed by atoms with Crippen LogP contribution in [0.4, 0.5) is 4.39 Å². The van der Waals surface area contributed by atoms with Gasteiger partial charge in [0, 0.05) is 5.56 Å². The quantitative estimate of drug-likeness (QED) is 0.839. The lowest BCUT2D eigenvalue weighted by molar-refractivity contribution is -0.138. The normalized spacial score (nSPS) is 20.8. The molecular weight excluding hydrogens is 297 g/mol. The second-order valence-electron chi connectivity index (χ2n) is 4.62. The average molecular weight is 310 g/mol. The lowest BCUT2D eigenvalue weighted by atomic mass is 9.91. The highest BCUT2D eigenvalue weighted by Gasteiger charge is 2.34. The van der Waals surface area contributed by atoms with E-state index in [0.29, 0.717) is 11.1 Å². The number of hydrogen-bond acceptors (Lipinski definition) is 2. The Morgan fingerprint density at radius 1 is 1.38 bits per heavy atom. The Labute approximate surface area is 125 Å². The molecule has 1 atom stereocenters. The summed E-state index contributed by atoms with van der Waals surface area (Å²) >= 11 is 6.17. The molecule has 0 aliphatic heterocycles. The van der Waals surface area contributed by atoms with Gasteiger partial charge in [-0.1, -0.05) is 36.4 Å². The first-order valence-corrected chi connectivity index (χ1v) is 6.63. The number of halogens is 2. The van der Waals surface area contributed by atoms with Gasteiger partial charge in [0.1, 0.15) is 17.2 Å². The van der Waals surface area contributed by atoms with Crippen molar-refractivity contribution in [3.63, 3.8) is 0 Å². The smallest absolute Gasteiger partial charge is 0.322 e. The molecule has 110 valence electrons. The fourth-order valence-corrected chi connectivity index (χ4v) is 2.19. The summed E-state index contributed by atoms with van der Waals surface area (Å²) in [5.74, 6) is -2.09. The Balaban J connectivity index is 2.11. The molecule has 1 aliphatic rings. The van der Waals surface area contributed by atoms with E-state index in [9.17, 15) is 14.0 Å². The molecule has 1 unspecified atom stereocenters. The van der Waals surface area contributed by atoms with Gasteiger partial charge in [-0.05, 0) is 18.1 Å². The molecule has 0 heterocycles.